The van der Waals surface area contributed by atoms with Crippen LogP contribution in [0.3, 0.4) is 0 Å². The second-order valence-electron chi connectivity index (χ2n) is 5.24. The number of thiophene rings is 1. The van der Waals surface area contributed by atoms with Crippen LogP contribution in [0.2, 0.25) is 0 Å². The molecular weight excluding hydrogens is 292 g/mol. The molecule has 0 saturated carbocycles. The van der Waals surface area contributed by atoms with Gasteiger partial charge < -0.3 is 5.32 Å². The molecule has 0 unspecified atom stereocenters. The molecule has 0 fully saturated rings. The molecule has 1 amide bonds. The fourth-order valence-electron chi connectivity index (χ4n) is 2.24. The van der Waals surface area contributed by atoms with Crippen molar-refractivity contribution >= 4 is 23.3 Å². The molecule has 4 heteroatoms. The molecule has 0 bridgehead atoms. The van der Waals surface area contributed by atoms with Gasteiger partial charge in [-0.2, -0.15) is 5.26 Å². The molecule has 112 valence electrons. The number of nitrogens with zero attached hydrogens (tertiary/aromatic N) is 1. The van der Waals surface area contributed by atoms with Crippen LogP contribution < -0.4 is 5.32 Å². The summed E-state index contributed by atoms with van der Waals surface area (Å²) in [5, 5.41) is 14.0. The average molecular weight is 310 g/mol. The van der Waals surface area contributed by atoms with Gasteiger partial charge in [-0.3, -0.25) is 4.79 Å². The molecule has 1 heterocycles. The van der Waals surface area contributed by atoms with E-state index in [0.717, 1.165) is 21.6 Å². The lowest BCUT2D eigenvalue weighted by Gasteiger charge is -2.17. The topological polar surface area (TPSA) is 52.9 Å². The number of aryl methyl sites for hydroxylation is 2. The third kappa shape index (κ3) is 3.84. The van der Waals surface area contributed by atoms with E-state index in [9.17, 15) is 10.1 Å². The van der Waals surface area contributed by atoms with Gasteiger partial charge in [0.05, 0.1) is 6.04 Å². The summed E-state index contributed by atoms with van der Waals surface area (Å²) in [7, 11) is 0. The van der Waals surface area contributed by atoms with Gasteiger partial charge in [0.1, 0.15) is 11.6 Å². The molecule has 3 nitrogen and oxygen atoms in total. The van der Waals surface area contributed by atoms with Crippen LogP contribution in [0, 0.1) is 25.2 Å². The first-order valence-corrected chi connectivity index (χ1v) is 7.92. The molecule has 0 aliphatic carbocycles. The summed E-state index contributed by atoms with van der Waals surface area (Å²) >= 11 is 1.50. The first kappa shape index (κ1) is 16.0. The molecule has 1 atom stereocenters. The lowest BCUT2D eigenvalue weighted by molar-refractivity contribution is -0.117. The Morgan fingerprint density at radius 3 is 2.77 bits per heavy atom. The largest absolute Gasteiger partial charge is 0.345 e. The first-order valence-electron chi connectivity index (χ1n) is 7.04. The summed E-state index contributed by atoms with van der Waals surface area (Å²) < 4.78 is 0. The zero-order valence-electron chi connectivity index (χ0n) is 12.9. The van der Waals surface area contributed by atoms with Crippen LogP contribution in [0.5, 0.6) is 0 Å². The summed E-state index contributed by atoms with van der Waals surface area (Å²) in [6.45, 7) is 5.97. The van der Waals surface area contributed by atoms with E-state index in [1.165, 1.54) is 11.3 Å². The first-order chi connectivity index (χ1) is 10.5. The monoisotopic (exact) mass is 310 g/mol. The van der Waals surface area contributed by atoms with Gasteiger partial charge in [0.2, 0.25) is 0 Å². The van der Waals surface area contributed by atoms with Gasteiger partial charge in [-0.15, -0.1) is 11.3 Å². The van der Waals surface area contributed by atoms with E-state index in [1.54, 1.807) is 6.08 Å². The molecule has 1 aromatic carbocycles. The molecule has 2 aromatic rings. The maximum Gasteiger partial charge on any atom is 0.262 e. The molecule has 0 spiro atoms. The molecule has 1 N–H and O–H groups in total. The van der Waals surface area contributed by atoms with E-state index >= 15 is 0 Å². The Bertz CT molecular complexity index is 739. The smallest absolute Gasteiger partial charge is 0.262 e. The summed E-state index contributed by atoms with van der Waals surface area (Å²) in [5.41, 5.74) is 3.47. The van der Waals surface area contributed by atoms with Crippen molar-refractivity contribution in [1.82, 2.24) is 5.32 Å². The predicted octanol–water partition coefficient (Wildman–Crippen LogP) is 4.15. The highest BCUT2D eigenvalue weighted by Gasteiger charge is 2.15. The highest BCUT2D eigenvalue weighted by atomic mass is 32.1. The van der Waals surface area contributed by atoms with E-state index < -0.39 is 0 Å². The fraction of sp³-hybridized carbons (Fsp3) is 0.222. The summed E-state index contributed by atoms with van der Waals surface area (Å²) in [6.07, 6.45) is 1.62. The molecule has 0 saturated heterocycles. The normalized spacial score (nSPS) is 12.5. The minimum absolute atomic E-state index is 0.125. The van der Waals surface area contributed by atoms with Crippen molar-refractivity contribution in [1.29, 1.82) is 5.26 Å². The van der Waals surface area contributed by atoms with E-state index in [2.05, 4.69) is 11.4 Å². The number of benzene rings is 1. The zero-order valence-corrected chi connectivity index (χ0v) is 13.7. The van der Waals surface area contributed by atoms with E-state index in [-0.39, 0.29) is 17.5 Å². The van der Waals surface area contributed by atoms with Crippen molar-refractivity contribution in [2.75, 3.05) is 0 Å². The minimum Gasteiger partial charge on any atom is -0.345 e. The number of nitrogens with one attached hydrogen (secondary N) is 1. The van der Waals surface area contributed by atoms with Crippen LogP contribution in [0.4, 0.5) is 0 Å². The molecule has 0 radical (unpaired) electrons. The Labute approximate surface area is 134 Å². The van der Waals surface area contributed by atoms with Crippen LogP contribution in [-0.2, 0) is 4.79 Å². The second kappa shape index (κ2) is 7.06. The van der Waals surface area contributed by atoms with Crippen molar-refractivity contribution in [3.8, 4) is 6.07 Å². The Morgan fingerprint density at radius 2 is 2.14 bits per heavy atom. The number of amides is 1. The third-order valence-electron chi connectivity index (χ3n) is 3.44. The summed E-state index contributed by atoms with van der Waals surface area (Å²) in [6, 6.07) is 11.8. The molecule has 0 aliphatic heterocycles. The Kier molecular flexibility index (Phi) is 5.13. The highest BCUT2D eigenvalue weighted by Crippen LogP contribution is 2.20. The van der Waals surface area contributed by atoms with Gasteiger partial charge in [-0.05, 0) is 49.4 Å². The minimum atomic E-state index is -0.343. The van der Waals surface area contributed by atoms with Crippen LogP contribution >= 0.6 is 11.3 Å². The molecular formula is C18H18N2OS. The fourth-order valence-corrected chi connectivity index (χ4v) is 2.90. The molecule has 1 aromatic heterocycles. The highest BCUT2D eigenvalue weighted by molar-refractivity contribution is 7.10. The number of carbonyl (C=O) groups is 1. The number of nitriles is 1. The Balaban J connectivity index is 2.17. The van der Waals surface area contributed by atoms with Gasteiger partial charge in [0.15, 0.2) is 0 Å². The second-order valence-corrected chi connectivity index (χ2v) is 6.22. The molecule has 2 rings (SSSR count). The molecule has 22 heavy (non-hydrogen) atoms. The standard InChI is InChI=1S/C18H18N2OS/c1-12-6-7-13(2)17(9-12)14(3)20-18(21)15(11-19)10-16-5-4-8-22-16/h4-10,14H,1-3H3,(H,20,21)/b15-10+/t14-/m1/s1. The van der Waals surface area contributed by atoms with Gasteiger partial charge in [0.25, 0.3) is 5.91 Å². The van der Waals surface area contributed by atoms with Crippen molar-refractivity contribution in [3.63, 3.8) is 0 Å². The third-order valence-corrected chi connectivity index (χ3v) is 4.26. The zero-order chi connectivity index (χ0) is 16.1. The van der Waals surface area contributed by atoms with Crippen molar-refractivity contribution in [2.24, 2.45) is 0 Å². The predicted molar refractivity (Wildman–Crippen MR) is 90.4 cm³/mol. The summed E-state index contributed by atoms with van der Waals surface area (Å²) in [5.74, 6) is -0.343. The lowest BCUT2D eigenvalue weighted by atomic mass is 10.00. The lowest BCUT2D eigenvalue weighted by Crippen LogP contribution is -2.28. The van der Waals surface area contributed by atoms with Crippen molar-refractivity contribution < 1.29 is 4.79 Å². The maximum absolute atomic E-state index is 12.3. The van der Waals surface area contributed by atoms with Gasteiger partial charge in [0, 0.05) is 4.88 Å². The number of hydrogen-bond donors (Lipinski definition) is 1. The summed E-state index contributed by atoms with van der Waals surface area (Å²) in [4.78, 5) is 13.2. The van der Waals surface area contributed by atoms with Gasteiger partial charge in [-0.1, -0.05) is 29.8 Å². The quantitative estimate of drug-likeness (QED) is 0.681. The number of carbonyl (C=O) groups excluding carboxylic acids is 1. The maximum atomic E-state index is 12.3. The Hall–Kier alpha value is -2.38. The van der Waals surface area contributed by atoms with Crippen LogP contribution in [0.1, 0.15) is 34.5 Å². The van der Waals surface area contributed by atoms with Crippen LogP contribution in [-0.4, -0.2) is 5.91 Å². The van der Waals surface area contributed by atoms with E-state index in [0.29, 0.717) is 0 Å². The van der Waals surface area contributed by atoms with Crippen LogP contribution in [0.25, 0.3) is 6.08 Å². The molecule has 0 aliphatic rings. The van der Waals surface area contributed by atoms with Crippen LogP contribution in [0.15, 0.2) is 41.3 Å². The average Bonchev–Trinajstić information content (AvgIpc) is 3.00. The Morgan fingerprint density at radius 1 is 1.36 bits per heavy atom. The van der Waals surface area contributed by atoms with Crippen molar-refractivity contribution in [3.05, 3.63) is 62.9 Å². The van der Waals surface area contributed by atoms with E-state index in [4.69, 9.17) is 0 Å². The SMILES string of the molecule is Cc1ccc(C)c([C@@H](C)NC(=O)/C(C#N)=C/c2cccs2)c1. The van der Waals surface area contributed by atoms with E-state index in [1.807, 2.05) is 56.5 Å². The van der Waals surface area contributed by atoms with Gasteiger partial charge >= 0.3 is 0 Å². The van der Waals surface area contributed by atoms with Crippen molar-refractivity contribution in [2.45, 2.75) is 26.8 Å². The van der Waals surface area contributed by atoms with Gasteiger partial charge in [-0.25, -0.2) is 0 Å². The number of rotatable bonds is 4. The number of hydrogen-bond acceptors (Lipinski definition) is 3.